The Morgan fingerprint density at radius 3 is 2.50 bits per heavy atom. The van der Waals surface area contributed by atoms with E-state index in [1.807, 2.05) is 54.6 Å². The number of ether oxygens (including phenoxy) is 1. The van der Waals surface area contributed by atoms with Gasteiger partial charge >= 0.3 is 0 Å². The molecule has 1 amide bonds. The van der Waals surface area contributed by atoms with Gasteiger partial charge < -0.3 is 20.6 Å². The number of benzene rings is 2. The summed E-state index contributed by atoms with van der Waals surface area (Å²) < 4.78 is 4.89. The molecule has 9 heteroatoms. The molecule has 0 spiro atoms. The molecule has 2 heterocycles. The van der Waals surface area contributed by atoms with E-state index in [-0.39, 0.29) is 11.8 Å². The van der Waals surface area contributed by atoms with Crippen LogP contribution in [-0.4, -0.2) is 35.8 Å². The van der Waals surface area contributed by atoms with E-state index in [0.29, 0.717) is 12.3 Å². The molecule has 1 aliphatic rings. The Balaban J connectivity index is 0.000000195. The first-order chi connectivity index (χ1) is 15.5. The molecular formula is C23H24N6O3. The fourth-order valence-electron chi connectivity index (χ4n) is 2.99. The molecule has 4 rings (SSSR count). The first-order valence-electron chi connectivity index (χ1n) is 9.73. The molecule has 0 saturated heterocycles. The minimum atomic E-state index is -0.886. The molecule has 2 aromatic carbocycles. The van der Waals surface area contributed by atoms with Crippen molar-refractivity contribution in [3.05, 3.63) is 95.3 Å². The number of aliphatic imine (C=N–C) groups is 1. The average molecular weight is 432 g/mol. The maximum Gasteiger partial charge on any atom is 0.263 e. The van der Waals surface area contributed by atoms with Crippen LogP contribution in [0.4, 0.5) is 5.69 Å². The van der Waals surface area contributed by atoms with E-state index >= 15 is 0 Å². The van der Waals surface area contributed by atoms with E-state index in [1.54, 1.807) is 25.3 Å². The summed E-state index contributed by atoms with van der Waals surface area (Å²) in [6, 6.07) is 22.5. The molecular weight excluding hydrogens is 408 g/mol. The highest BCUT2D eigenvalue weighted by Gasteiger charge is 2.22. The predicted octanol–water partition coefficient (Wildman–Crippen LogP) is 2.20. The smallest absolute Gasteiger partial charge is 0.263 e. The van der Waals surface area contributed by atoms with Crippen LogP contribution in [0.1, 0.15) is 22.5 Å². The first kappa shape index (κ1) is 22.8. The van der Waals surface area contributed by atoms with Crippen molar-refractivity contribution in [2.75, 3.05) is 12.4 Å². The summed E-state index contributed by atoms with van der Waals surface area (Å²) in [6.07, 6.45) is -0.886. The predicted molar refractivity (Wildman–Crippen MR) is 122 cm³/mol. The molecule has 164 valence electrons. The Morgan fingerprint density at radius 1 is 1.06 bits per heavy atom. The topological polar surface area (TPSA) is 149 Å². The van der Waals surface area contributed by atoms with E-state index in [4.69, 9.17) is 21.8 Å². The maximum atomic E-state index is 11.8. The molecule has 0 radical (unpaired) electrons. The van der Waals surface area contributed by atoms with Crippen LogP contribution >= 0.6 is 0 Å². The highest BCUT2D eigenvalue weighted by atomic mass is 16.6. The highest BCUT2D eigenvalue weighted by Crippen LogP contribution is 2.23. The van der Waals surface area contributed by atoms with Gasteiger partial charge in [-0.05, 0) is 18.2 Å². The SMILES string of the molecule is COCc1cccc(C(=N)ON)n1.NC1N=C(c2ccccc2)c2ccccc2NC1=O. The van der Waals surface area contributed by atoms with E-state index in [0.717, 1.165) is 28.2 Å². The number of nitrogens with zero attached hydrogens (tertiary/aromatic N) is 2. The van der Waals surface area contributed by atoms with Gasteiger partial charge in [-0.25, -0.2) is 4.98 Å². The minimum Gasteiger partial charge on any atom is -0.389 e. The Bertz CT molecular complexity index is 1120. The number of benzodiazepines with no additional fused rings is 1. The second-order valence-corrected chi connectivity index (χ2v) is 6.72. The van der Waals surface area contributed by atoms with Gasteiger partial charge in [0.05, 0.1) is 23.7 Å². The van der Waals surface area contributed by atoms with Gasteiger partial charge in [-0.2, -0.15) is 5.90 Å². The minimum absolute atomic E-state index is 0.155. The fourth-order valence-corrected chi connectivity index (χ4v) is 2.99. The maximum absolute atomic E-state index is 11.8. The Kier molecular flexibility index (Phi) is 7.76. The molecule has 6 N–H and O–H groups in total. The largest absolute Gasteiger partial charge is 0.389 e. The van der Waals surface area contributed by atoms with E-state index in [2.05, 4.69) is 20.1 Å². The van der Waals surface area contributed by atoms with Crippen LogP contribution in [-0.2, 0) is 21.0 Å². The van der Waals surface area contributed by atoms with E-state index in [1.165, 1.54) is 0 Å². The third-order valence-electron chi connectivity index (χ3n) is 4.47. The van der Waals surface area contributed by atoms with E-state index < -0.39 is 6.17 Å². The molecule has 9 nitrogen and oxygen atoms in total. The first-order valence-corrected chi connectivity index (χ1v) is 9.73. The lowest BCUT2D eigenvalue weighted by atomic mass is 10.0. The number of aromatic nitrogens is 1. The summed E-state index contributed by atoms with van der Waals surface area (Å²) in [5.41, 5.74) is 10.2. The number of methoxy groups -OCH3 is 1. The monoisotopic (exact) mass is 432 g/mol. The quantitative estimate of drug-likeness (QED) is 0.282. The zero-order chi connectivity index (χ0) is 22.9. The molecule has 1 aromatic heterocycles. The van der Waals surface area contributed by atoms with Crippen molar-refractivity contribution in [3.63, 3.8) is 0 Å². The van der Waals surface area contributed by atoms with Gasteiger partial charge in [-0.3, -0.25) is 15.2 Å². The molecule has 0 fully saturated rings. The van der Waals surface area contributed by atoms with Gasteiger partial charge in [-0.15, -0.1) is 0 Å². The second-order valence-electron chi connectivity index (χ2n) is 6.72. The summed E-state index contributed by atoms with van der Waals surface area (Å²) >= 11 is 0. The van der Waals surface area contributed by atoms with E-state index in [9.17, 15) is 4.79 Å². The number of rotatable bonds is 4. The van der Waals surface area contributed by atoms with Gasteiger partial charge in [0, 0.05) is 18.2 Å². The molecule has 1 unspecified atom stereocenters. The van der Waals surface area contributed by atoms with Crippen molar-refractivity contribution >= 4 is 23.2 Å². The number of amides is 1. The van der Waals surface area contributed by atoms with Crippen LogP contribution in [0.25, 0.3) is 0 Å². The summed E-state index contributed by atoms with van der Waals surface area (Å²) in [4.78, 5) is 24.5. The number of nitrogens with two attached hydrogens (primary N) is 2. The van der Waals surface area contributed by atoms with Crippen LogP contribution in [0.3, 0.4) is 0 Å². The van der Waals surface area contributed by atoms with Crippen molar-refractivity contribution in [2.45, 2.75) is 12.8 Å². The number of pyridine rings is 1. The molecule has 0 aliphatic carbocycles. The van der Waals surface area contributed by atoms with Crippen molar-refractivity contribution in [1.29, 1.82) is 5.41 Å². The lowest BCUT2D eigenvalue weighted by Crippen LogP contribution is -2.33. The fraction of sp³-hybridized carbons (Fsp3) is 0.130. The van der Waals surface area contributed by atoms with Gasteiger partial charge in [0.15, 0.2) is 6.17 Å². The number of anilines is 1. The number of fused-ring (bicyclic) bond motifs is 1. The number of hydrogen-bond acceptors (Lipinski definition) is 8. The van der Waals surface area contributed by atoms with Gasteiger partial charge in [0.1, 0.15) is 5.69 Å². The van der Waals surface area contributed by atoms with Gasteiger partial charge in [0.25, 0.3) is 11.8 Å². The zero-order valence-corrected chi connectivity index (χ0v) is 17.5. The Morgan fingerprint density at radius 2 is 1.78 bits per heavy atom. The molecule has 1 aliphatic heterocycles. The molecule has 32 heavy (non-hydrogen) atoms. The van der Waals surface area contributed by atoms with Crippen LogP contribution in [0, 0.1) is 5.41 Å². The summed E-state index contributed by atoms with van der Waals surface area (Å²) in [7, 11) is 1.58. The number of para-hydroxylation sites is 1. The van der Waals surface area contributed by atoms with Crippen LogP contribution in [0.2, 0.25) is 0 Å². The second kappa shape index (κ2) is 10.9. The molecule has 0 bridgehead atoms. The number of hydrogen-bond donors (Lipinski definition) is 4. The molecule has 3 aromatic rings. The van der Waals surface area contributed by atoms with Crippen LogP contribution in [0.5, 0.6) is 0 Å². The lowest BCUT2D eigenvalue weighted by Gasteiger charge is -2.09. The van der Waals surface area contributed by atoms with Gasteiger partial charge in [0.2, 0.25) is 0 Å². The van der Waals surface area contributed by atoms with Crippen molar-refractivity contribution in [1.82, 2.24) is 4.98 Å². The number of carbonyl (C=O) groups is 1. The van der Waals surface area contributed by atoms with Gasteiger partial charge in [-0.1, -0.05) is 54.6 Å². The average Bonchev–Trinajstić information content (AvgIpc) is 2.96. The molecule has 1 atom stereocenters. The standard InChI is InChI=1S/C15H13N3O.C8H11N3O2/c16-14-15(19)17-12-9-5-4-8-11(12)13(18-14)10-6-2-1-3-7-10;1-12-5-6-3-2-4-7(11-6)8(9)13-10/h1-9,14H,16H2,(H,17,19);2-4,9H,5,10H2,1H3. The summed E-state index contributed by atoms with van der Waals surface area (Å²) in [5.74, 6) is 4.38. The normalized spacial score (nSPS) is 14.7. The van der Waals surface area contributed by atoms with Crippen LogP contribution < -0.4 is 16.9 Å². The molecule has 0 saturated carbocycles. The van der Waals surface area contributed by atoms with Crippen molar-refractivity contribution in [3.8, 4) is 0 Å². The van der Waals surface area contributed by atoms with Crippen LogP contribution in [0.15, 0.2) is 77.8 Å². The highest BCUT2D eigenvalue weighted by molar-refractivity contribution is 6.19. The Hall–Kier alpha value is -3.92. The zero-order valence-electron chi connectivity index (χ0n) is 17.5. The van der Waals surface area contributed by atoms with Crippen molar-refractivity contribution in [2.24, 2.45) is 16.6 Å². The summed E-state index contributed by atoms with van der Waals surface area (Å²) in [6.45, 7) is 0.408. The third-order valence-corrected chi connectivity index (χ3v) is 4.47. The number of nitrogens with one attached hydrogen (secondary N) is 2. The lowest BCUT2D eigenvalue weighted by molar-refractivity contribution is -0.117. The van der Waals surface area contributed by atoms with Crippen molar-refractivity contribution < 1.29 is 14.4 Å². The third kappa shape index (κ3) is 5.61. The summed E-state index contributed by atoms with van der Waals surface area (Å²) in [5, 5.41) is 10.1. The Labute approximate surface area is 185 Å². The number of carbonyl (C=O) groups excluding carboxylic acids is 1.